The Bertz CT molecular complexity index is 750. The molecular weight excluding hydrogens is 396 g/mol. The van der Waals surface area contributed by atoms with Crippen molar-refractivity contribution in [3.8, 4) is 0 Å². The summed E-state index contributed by atoms with van der Waals surface area (Å²) >= 11 is 1.64. The minimum Gasteiger partial charge on any atom is -0.345 e. The van der Waals surface area contributed by atoms with Crippen molar-refractivity contribution in [1.82, 2.24) is 15.2 Å². The van der Waals surface area contributed by atoms with Gasteiger partial charge in [0.25, 0.3) is 0 Å². The molecule has 0 unspecified atom stereocenters. The normalized spacial score (nSPS) is 33.8. The summed E-state index contributed by atoms with van der Waals surface area (Å²) in [4.78, 5) is 35.5. The number of rotatable bonds is 5. The molecule has 1 aromatic rings. The average Bonchev–Trinajstić information content (AvgIpc) is 3.25. The molecule has 4 aliphatic carbocycles. The quantitative estimate of drug-likeness (QED) is 0.779. The summed E-state index contributed by atoms with van der Waals surface area (Å²) < 4.78 is 0. The van der Waals surface area contributed by atoms with Crippen molar-refractivity contribution in [2.75, 3.05) is 31.1 Å². The number of hydrogen-bond donors (Lipinski definition) is 1. The number of carbonyl (C=O) groups is 2. The maximum Gasteiger partial charge on any atom is 0.245 e. The summed E-state index contributed by atoms with van der Waals surface area (Å²) in [6.07, 6.45) is 8.91. The van der Waals surface area contributed by atoms with Gasteiger partial charge in [-0.15, -0.1) is 11.3 Å². The average molecular weight is 431 g/mol. The van der Waals surface area contributed by atoms with Crippen molar-refractivity contribution < 1.29 is 9.59 Å². The van der Waals surface area contributed by atoms with Gasteiger partial charge in [-0.25, -0.2) is 4.98 Å². The standard InChI is InChI=1S/C23H34N4O2S/c1-15(2)19(20(28)26-4-6-27(7-5-26)22-24-3-8-30-22)25-21(29)23-12-16-9-17(13-23)11-18(10-16)14-23/h3,8,15-19H,4-7,9-14H2,1-2H3,(H,25,29)/t16?,17?,18?,19-,23?/m1/s1. The van der Waals surface area contributed by atoms with Crippen molar-refractivity contribution in [3.05, 3.63) is 11.6 Å². The second-order valence-corrected chi connectivity index (χ2v) is 11.4. The molecule has 5 fully saturated rings. The molecule has 0 spiro atoms. The first-order chi connectivity index (χ1) is 14.4. The Morgan fingerprint density at radius 1 is 1.07 bits per heavy atom. The molecule has 5 aliphatic rings. The fourth-order valence-corrected chi connectivity index (χ4v) is 7.58. The van der Waals surface area contributed by atoms with Gasteiger partial charge in [0.1, 0.15) is 6.04 Å². The van der Waals surface area contributed by atoms with Crippen LogP contribution in [0.5, 0.6) is 0 Å². The van der Waals surface area contributed by atoms with Crippen molar-refractivity contribution in [1.29, 1.82) is 0 Å². The van der Waals surface area contributed by atoms with E-state index in [2.05, 4.69) is 15.2 Å². The van der Waals surface area contributed by atoms with Gasteiger partial charge >= 0.3 is 0 Å². The molecule has 7 heteroatoms. The molecule has 1 atom stereocenters. The molecule has 1 aromatic heterocycles. The van der Waals surface area contributed by atoms with Crippen LogP contribution in [0.15, 0.2) is 11.6 Å². The number of piperazine rings is 1. The third kappa shape index (κ3) is 3.63. The number of aromatic nitrogens is 1. The lowest BCUT2D eigenvalue weighted by atomic mass is 9.49. The number of carbonyl (C=O) groups excluding carboxylic acids is 2. The van der Waals surface area contributed by atoms with Crippen LogP contribution in [0.2, 0.25) is 0 Å². The number of amides is 2. The molecule has 6 nitrogen and oxygen atoms in total. The highest BCUT2D eigenvalue weighted by molar-refractivity contribution is 7.13. The minimum absolute atomic E-state index is 0.0851. The molecule has 1 N–H and O–H groups in total. The topological polar surface area (TPSA) is 65.5 Å². The summed E-state index contributed by atoms with van der Waals surface area (Å²) in [5.74, 6) is 2.53. The molecular formula is C23H34N4O2S. The summed E-state index contributed by atoms with van der Waals surface area (Å²) in [6, 6.07) is -0.420. The highest BCUT2D eigenvalue weighted by atomic mass is 32.1. The monoisotopic (exact) mass is 430 g/mol. The maximum absolute atomic E-state index is 13.5. The van der Waals surface area contributed by atoms with Crippen LogP contribution in [0.1, 0.15) is 52.4 Å². The maximum atomic E-state index is 13.5. The second-order valence-electron chi connectivity index (χ2n) is 10.5. The molecule has 4 saturated carbocycles. The molecule has 2 heterocycles. The molecule has 164 valence electrons. The van der Waals surface area contributed by atoms with Crippen LogP contribution >= 0.6 is 11.3 Å². The van der Waals surface area contributed by atoms with Crippen molar-refractivity contribution >= 4 is 28.3 Å². The van der Waals surface area contributed by atoms with Gasteiger partial charge in [0, 0.05) is 43.2 Å². The van der Waals surface area contributed by atoms with Crippen LogP contribution in [0.25, 0.3) is 0 Å². The smallest absolute Gasteiger partial charge is 0.245 e. The van der Waals surface area contributed by atoms with Crippen LogP contribution in [0, 0.1) is 29.1 Å². The first-order valence-electron chi connectivity index (χ1n) is 11.7. The minimum atomic E-state index is -0.420. The van der Waals surface area contributed by atoms with E-state index in [1.807, 2.05) is 30.3 Å². The zero-order valence-electron chi connectivity index (χ0n) is 18.2. The van der Waals surface area contributed by atoms with Gasteiger partial charge in [-0.1, -0.05) is 13.8 Å². The van der Waals surface area contributed by atoms with E-state index in [4.69, 9.17) is 0 Å². The molecule has 6 rings (SSSR count). The van der Waals surface area contributed by atoms with E-state index in [9.17, 15) is 9.59 Å². The van der Waals surface area contributed by atoms with Crippen LogP contribution in [0.4, 0.5) is 5.13 Å². The van der Waals surface area contributed by atoms with E-state index in [0.29, 0.717) is 13.1 Å². The number of thiazole rings is 1. The fraction of sp³-hybridized carbons (Fsp3) is 0.783. The van der Waals surface area contributed by atoms with Crippen LogP contribution in [0.3, 0.4) is 0 Å². The van der Waals surface area contributed by atoms with E-state index in [1.165, 1.54) is 19.3 Å². The zero-order valence-corrected chi connectivity index (χ0v) is 19.0. The summed E-state index contributed by atoms with van der Waals surface area (Å²) in [5, 5.41) is 6.27. The van der Waals surface area contributed by atoms with Gasteiger partial charge in [-0.05, 0) is 62.2 Å². The van der Waals surface area contributed by atoms with Crippen LogP contribution in [-0.2, 0) is 9.59 Å². The lowest BCUT2D eigenvalue weighted by Gasteiger charge is -2.56. The molecule has 0 aromatic carbocycles. The van der Waals surface area contributed by atoms with E-state index in [0.717, 1.165) is 55.2 Å². The van der Waals surface area contributed by atoms with E-state index in [-0.39, 0.29) is 23.1 Å². The zero-order chi connectivity index (χ0) is 20.9. The second kappa shape index (κ2) is 7.81. The number of nitrogens with one attached hydrogen (secondary N) is 1. The molecule has 1 saturated heterocycles. The van der Waals surface area contributed by atoms with Gasteiger partial charge in [0.15, 0.2) is 5.13 Å². The Kier molecular flexibility index (Phi) is 5.28. The van der Waals surface area contributed by atoms with E-state index < -0.39 is 6.04 Å². The SMILES string of the molecule is CC(C)[C@@H](NC(=O)C12CC3CC(CC(C3)C1)C2)C(=O)N1CCN(c2nccs2)CC1. The highest BCUT2D eigenvalue weighted by Crippen LogP contribution is 2.60. The molecule has 4 bridgehead atoms. The van der Waals surface area contributed by atoms with E-state index in [1.54, 1.807) is 11.3 Å². The molecule has 0 radical (unpaired) electrons. The summed E-state index contributed by atoms with van der Waals surface area (Å²) in [5.41, 5.74) is -0.203. The molecule has 1 aliphatic heterocycles. The Labute approximate surface area is 183 Å². The van der Waals surface area contributed by atoms with Crippen molar-refractivity contribution in [2.24, 2.45) is 29.1 Å². The molecule has 2 amide bonds. The van der Waals surface area contributed by atoms with Gasteiger partial charge in [-0.3, -0.25) is 9.59 Å². The predicted octanol–water partition coefficient (Wildman–Crippen LogP) is 3.15. The Balaban J connectivity index is 1.23. The van der Waals surface area contributed by atoms with Gasteiger partial charge in [0.2, 0.25) is 11.8 Å². The Morgan fingerprint density at radius 2 is 1.67 bits per heavy atom. The first-order valence-corrected chi connectivity index (χ1v) is 12.6. The largest absolute Gasteiger partial charge is 0.345 e. The Morgan fingerprint density at radius 3 is 2.17 bits per heavy atom. The number of nitrogens with zero attached hydrogens (tertiary/aromatic N) is 3. The fourth-order valence-electron chi connectivity index (χ4n) is 6.88. The van der Waals surface area contributed by atoms with Crippen molar-refractivity contribution in [2.45, 2.75) is 58.4 Å². The molecule has 30 heavy (non-hydrogen) atoms. The summed E-state index contributed by atoms with van der Waals surface area (Å²) in [7, 11) is 0. The lowest BCUT2D eigenvalue weighted by molar-refractivity contribution is -0.150. The van der Waals surface area contributed by atoms with Gasteiger partial charge in [0.05, 0.1) is 0 Å². The highest BCUT2D eigenvalue weighted by Gasteiger charge is 2.55. The van der Waals surface area contributed by atoms with Crippen LogP contribution in [-0.4, -0.2) is 53.9 Å². The van der Waals surface area contributed by atoms with Gasteiger partial charge < -0.3 is 15.1 Å². The predicted molar refractivity (Wildman–Crippen MR) is 118 cm³/mol. The summed E-state index contributed by atoms with van der Waals surface area (Å²) in [6.45, 7) is 7.08. The number of anilines is 1. The first kappa shape index (κ1) is 20.3. The van der Waals surface area contributed by atoms with Crippen molar-refractivity contribution in [3.63, 3.8) is 0 Å². The third-order valence-corrected chi connectivity index (χ3v) is 8.85. The lowest BCUT2D eigenvalue weighted by Crippen LogP contribution is -2.60. The third-order valence-electron chi connectivity index (χ3n) is 8.02. The Hall–Kier alpha value is -1.63. The van der Waals surface area contributed by atoms with E-state index >= 15 is 0 Å². The number of hydrogen-bond acceptors (Lipinski definition) is 5. The van der Waals surface area contributed by atoms with Gasteiger partial charge in [-0.2, -0.15) is 0 Å². The van der Waals surface area contributed by atoms with Crippen LogP contribution < -0.4 is 10.2 Å².